The Morgan fingerprint density at radius 1 is 1.06 bits per heavy atom. The summed E-state index contributed by atoms with van der Waals surface area (Å²) in [6.45, 7) is 6.45. The Kier molecular flexibility index (Phi) is 8.30. The number of alkyl halides is 5. The molecule has 9 heteroatoms. The van der Waals surface area contributed by atoms with Gasteiger partial charge in [-0.25, -0.2) is 13.2 Å². The highest BCUT2D eigenvalue weighted by Crippen LogP contribution is 2.37. The van der Waals surface area contributed by atoms with Crippen molar-refractivity contribution in [1.82, 2.24) is 5.32 Å². The maximum absolute atomic E-state index is 14.5. The Bertz CT molecular complexity index is 1110. The van der Waals surface area contributed by atoms with E-state index in [0.717, 1.165) is 18.2 Å². The minimum atomic E-state index is -4.74. The second kappa shape index (κ2) is 10.4. The second-order valence-electron chi connectivity index (χ2n) is 8.37. The van der Waals surface area contributed by atoms with Crippen LogP contribution in [0.15, 0.2) is 36.0 Å². The molecule has 0 atom stereocenters. The summed E-state index contributed by atoms with van der Waals surface area (Å²) in [4.78, 5) is 0. The van der Waals surface area contributed by atoms with Gasteiger partial charge >= 0.3 is 6.18 Å². The van der Waals surface area contributed by atoms with Crippen LogP contribution in [0.25, 0.3) is 5.57 Å². The van der Waals surface area contributed by atoms with E-state index in [9.17, 15) is 31.6 Å². The SMILES string of the molecule is CCN/C(C#N)=C(/c1cc(F)cc(CCc2cc(C(C)(F)F)ccc2C(F)(F)F)c1N)C(C)C. The van der Waals surface area contributed by atoms with Gasteiger partial charge in [0.25, 0.3) is 5.92 Å². The van der Waals surface area contributed by atoms with Crippen molar-refractivity contribution in [2.24, 2.45) is 5.92 Å². The summed E-state index contributed by atoms with van der Waals surface area (Å²) in [6, 6.07) is 6.56. The summed E-state index contributed by atoms with van der Waals surface area (Å²) < 4.78 is 82.5. The quantitative estimate of drug-likeness (QED) is 0.246. The fraction of sp³-hybridized carbons (Fsp3) is 0.400. The minimum absolute atomic E-state index is 0.118. The predicted molar refractivity (Wildman–Crippen MR) is 120 cm³/mol. The van der Waals surface area contributed by atoms with Gasteiger partial charge in [-0.3, -0.25) is 0 Å². The van der Waals surface area contributed by atoms with Gasteiger partial charge in [0.05, 0.1) is 5.56 Å². The number of halogens is 6. The van der Waals surface area contributed by atoms with E-state index in [-0.39, 0.29) is 46.8 Å². The number of hydrogen-bond donors (Lipinski definition) is 2. The molecular weight excluding hydrogens is 456 g/mol. The first-order valence-electron chi connectivity index (χ1n) is 10.8. The zero-order chi connectivity index (χ0) is 25.8. The molecule has 0 aliphatic heterocycles. The molecule has 34 heavy (non-hydrogen) atoms. The van der Waals surface area contributed by atoms with Gasteiger partial charge in [-0.05, 0) is 66.6 Å². The van der Waals surface area contributed by atoms with Crippen LogP contribution in [-0.2, 0) is 24.9 Å². The van der Waals surface area contributed by atoms with Crippen LogP contribution in [0.3, 0.4) is 0 Å². The number of allylic oxidation sites excluding steroid dienone is 2. The Labute approximate surface area is 195 Å². The van der Waals surface area contributed by atoms with Crippen molar-refractivity contribution >= 4 is 11.3 Å². The fourth-order valence-electron chi connectivity index (χ4n) is 3.83. The summed E-state index contributed by atoms with van der Waals surface area (Å²) >= 11 is 0. The average molecular weight is 484 g/mol. The molecule has 0 fully saturated rings. The van der Waals surface area contributed by atoms with Crippen molar-refractivity contribution < 1.29 is 26.3 Å². The Morgan fingerprint density at radius 3 is 2.18 bits per heavy atom. The third kappa shape index (κ3) is 6.25. The molecule has 0 unspecified atom stereocenters. The summed E-state index contributed by atoms with van der Waals surface area (Å²) in [5.41, 5.74) is 5.70. The lowest BCUT2D eigenvalue weighted by Gasteiger charge is -2.20. The number of nitriles is 1. The maximum atomic E-state index is 14.5. The molecule has 0 heterocycles. The van der Waals surface area contributed by atoms with Crippen LogP contribution in [0.4, 0.5) is 32.0 Å². The van der Waals surface area contributed by atoms with E-state index in [1.165, 1.54) is 6.07 Å². The molecular formula is C25H27F6N3. The summed E-state index contributed by atoms with van der Waals surface area (Å²) in [5, 5.41) is 12.5. The van der Waals surface area contributed by atoms with Gasteiger partial charge < -0.3 is 11.1 Å². The number of nitrogen functional groups attached to an aromatic ring is 1. The molecule has 3 N–H and O–H groups in total. The van der Waals surface area contributed by atoms with Crippen molar-refractivity contribution in [3.63, 3.8) is 0 Å². The lowest BCUT2D eigenvalue weighted by molar-refractivity contribution is -0.138. The number of nitrogens with two attached hydrogens (primary N) is 1. The molecule has 0 bridgehead atoms. The van der Waals surface area contributed by atoms with Gasteiger partial charge in [-0.15, -0.1) is 0 Å². The van der Waals surface area contributed by atoms with E-state index in [1.807, 2.05) is 6.07 Å². The number of rotatable bonds is 8. The van der Waals surface area contributed by atoms with Crippen molar-refractivity contribution in [2.45, 2.75) is 52.6 Å². The Hall–Kier alpha value is -3.15. The highest BCUT2D eigenvalue weighted by atomic mass is 19.4. The van der Waals surface area contributed by atoms with E-state index < -0.39 is 29.0 Å². The van der Waals surface area contributed by atoms with Crippen LogP contribution in [0, 0.1) is 23.1 Å². The standard InChI is InChI=1S/C25H27F6N3/c1-5-34-21(13-32)22(14(2)3)19-12-18(26)11-16(23(19)33)7-6-15-10-17(24(4,27)28)8-9-20(15)25(29,30)31/h8-12,14,34H,5-7,33H2,1-4H3/b22-21+. The number of nitrogens with one attached hydrogen (secondary N) is 1. The highest BCUT2D eigenvalue weighted by Gasteiger charge is 2.35. The molecule has 0 amide bonds. The maximum Gasteiger partial charge on any atom is 0.416 e. The lowest BCUT2D eigenvalue weighted by atomic mass is 9.88. The molecule has 0 aliphatic rings. The molecule has 0 aromatic heterocycles. The molecule has 2 aromatic rings. The first kappa shape index (κ1) is 27.1. The van der Waals surface area contributed by atoms with Crippen molar-refractivity contribution in [3.05, 3.63) is 69.7 Å². The Balaban J connectivity index is 2.57. The zero-order valence-electron chi connectivity index (χ0n) is 19.4. The summed E-state index contributed by atoms with van der Waals surface area (Å²) in [6.07, 6.45) is -5.14. The van der Waals surface area contributed by atoms with E-state index in [2.05, 4.69) is 5.32 Å². The molecule has 0 saturated carbocycles. The highest BCUT2D eigenvalue weighted by molar-refractivity contribution is 5.81. The van der Waals surface area contributed by atoms with Gasteiger partial charge in [0.2, 0.25) is 0 Å². The zero-order valence-corrected chi connectivity index (χ0v) is 19.4. The topological polar surface area (TPSA) is 61.8 Å². The molecule has 2 rings (SSSR count). The molecule has 0 aliphatic carbocycles. The van der Waals surface area contributed by atoms with Gasteiger partial charge in [0.1, 0.15) is 17.6 Å². The number of nitrogens with zero attached hydrogens (tertiary/aromatic N) is 1. The van der Waals surface area contributed by atoms with E-state index in [0.29, 0.717) is 25.1 Å². The largest absolute Gasteiger partial charge is 0.416 e. The fourth-order valence-corrected chi connectivity index (χ4v) is 3.83. The second-order valence-corrected chi connectivity index (χ2v) is 8.37. The molecule has 0 saturated heterocycles. The number of benzene rings is 2. The molecule has 184 valence electrons. The normalized spacial score (nSPS) is 13.0. The molecule has 3 nitrogen and oxygen atoms in total. The number of hydrogen-bond acceptors (Lipinski definition) is 3. The van der Waals surface area contributed by atoms with Crippen molar-refractivity contribution in [3.8, 4) is 6.07 Å². The van der Waals surface area contributed by atoms with Crippen LogP contribution in [0.2, 0.25) is 0 Å². The van der Waals surface area contributed by atoms with Gasteiger partial charge in [-0.1, -0.05) is 19.9 Å². The first-order valence-corrected chi connectivity index (χ1v) is 10.8. The Morgan fingerprint density at radius 2 is 1.68 bits per heavy atom. The minimum Gasteiger partial charge on any atom is -0.398 e. The average Bonchev–Trinajstić information content (AvgIpc) is 2.72. The van der Waals surface area contributed by atoms with E-state index in [4.69, 9.17) is 5.73 Å². The summed E-state index contributed by atoms with van der Waals surface area (Å²) in [5.74, 6) is -4.21. The molecule has 0 spiro atoms. The molecule has 0 radical (unpaired) electrons. The summed E-state index contributed by atoms with van der Waals surface area (Å²) in [7, 11) is 0. The lowest BCUT2D eigenvalue weighted by Crippen LogP contribution is -2.16. The van der Waals surface area contributed by atoms with Crippen LogP contribution in [0.1, 0.15) is 55.5 Å². The predicted octanol–water partition coefficient (Wildman–Crippen LogP) is 6.82. The van der Waals surface area contributed by atoms with E-state index >= 15 is 0 Å². The van der Waals surface area contributed by atoms with Crippen LogP contribution in [0.5, 0.6) is 0 Å². The third-order valence-corrected chi connectivity index (χ3v) is 5.41. The van der Waals surface area contributed by atoms with Gasteiger partial charge in [0.15, 0.2) is 0 Å². The molecule has 2 aromatic carbocycles. The smallest absolute Gasteiger partial charge is 0.398 e. The van der Waals surface area contributed by atoms with Crippen LogP contribution < -0.4 is 11.1 Å². The first-order chi connectivity index (χ1) is 15.7. The number of aryl methyl sites for hydroxylation is 2. The van der Waals surface area contributed by atoms with Gasteiger partial charge in [0, 0.05) is 30.3 Å². The van der Waals surface area contributed by atoms with Crippen LogP contribution >= 0.6 is 0 Å². The monoisotopic (exact) mass is 483 g/mol. The van der Waals surface area contributed by atoms with Crippen LogP contribution in [-0.4, -0.2) is 6.54 Å². The number of anilines is 1. The third-order valence-electron chi connectivity index (χ3n) is 5.41. The van der Waals surface area contributed by atoms with Gasteiger partial charge in [-0.2, -0.15) is 18.4 Å². The van der Waals surface area contributed by atoms with E-state index in [1.54, 1.807) is 20.8 Å². The van der Waals surface area contributed by atoms with Crippen molar-refractivity contribution in [1.29, 1.82) is 5.26 Å². The van der Waals surface area contributed by atoms with Crippen molar-refractivity contribution in [2.75, 3.05) is 12.3 Å².